The Morgan fingerprint density at radius 1 is 1.88 bits per heavy atom. The van der Waals surface area contributed by atoms with Crippen molar-refractivity contribution in [3.05, 3.63) is 0 Å². The smallest absolute Gasteiger partial charge is 1.00 e. The van der Waals surface area contributed by atoms with E-state index in [0.717, 1.165) is 6.92 Å². The molecule has 0 radical (unpaired) electrons. The molecular formula is C2H4NaO4S-. The van der Waals surface area contributed by atoms with Gasteiger partial charge in [-0.3, -0.25) is 4.79 Å². The third kappa shape index (κ3) is 9.77. The summed E-state index contributed by atoms with van der Waals surface area (Å²) in [5.41, 5.74) is 0. The van der Waals surface area contributed by atoms with Gasteiger partial charge in [0.25, 0.3) is 0 Å². The molecule has 0 heterocycles. The van der Waals surface area contributed by atoms with Crippen LogP contribution in [0.25, 0.3) is 0 Å². The Morgan fingerprint density at radius 2 is 2.25 bits per heavy atom. The van der Waals surface area contributed by atoms with Crippen LogP contribution >= 0.6 is 0 Å². The molecular weight excluding hydrogens is 143 g/mol. The Labute approximate surface area is 72.9 Å². The van der Waals surface area contributed by atoms with E-state index in [-0.39, 0.29) is 31.0 Å². The first-order valence-corrected chi connectivity index (χ1v) is 2.41. The minimum Gasteiger partial charge on any atom is -1.00 e. The van der Waals surface area contributed by atoms with Gasteiger partial charge < -0.3 is 10.2 Å². The second kappa shape index (κ2) is 5.71. The van der Waals surface area contributed by atoms with E-state index in [2.05, 4.69) is 4.18 Å². The van der Waals surface area contributed by atoms with Crippen LogP contribution in [0, 0.1) is 0 Å². The molecule has 0 aliphatic rings. The van der Waals surface area contributed by atoms with Gasteiger partial charge in [-0.25, -0.2) is 4.21 Å². The summed E-state index contributed by atoms with van der Waals surface area (Å²) in [4.78, 5) is 9.64. The van der Waals surface area contributed by atoms with Gasteiger partial charge in [0.1, 0.15) is 11.4 Å². The quantitative estimate of drug-likeness (QED) is 0.284. The summed E-state index contributed by atoms with van der Waals surface area (Å²) in [5, 5.41) is 0. The first-order chi connectivity index (χ1) is 3.13. The monoisotopic (exact) mass is 147 g/mol. The Kier molecular flexibility index (Phi) is 8.13. The van der Waals surface area contributed by atoms with Gasteiger partial charge in [-0.1, -0.05) is 0 Å². The van der Waals surface area contributed by atoms with Gasteiger partial charge in [0.2, 0.25) is 0 Å². The molecule has 0 rings (SSSR count). The molecule has 0 bridgehead atoms. The summed E-state index contributed by atoms with van der Waals surface area (Å²) in [6.07, 6.45) is 0. The third-order valence-electron chi connectivity index (χ3n) is 0.185. The van der Waals surface area contributed by atoms with Gasteiger partial charge in [-0.2, -0.15) is 0 Å². The van der Waals surface area contributed by atoms with Crippen LogP contribution in [0.4, 0.5) is 0 Å². The van der Waals surface area contributed by atoms with Crippen LogP contribution in [0.15, 0.2) is 0 Å². The zero-order chi connectivity index (χ0) is 5.86. The van der Waals surface area contributed by atoms with Crippen molar-refractivity contribution in [3.63, 3.8) is 0 Å². The minimum absolute atomic E-state index is 0. The summed E-state index contributed by atoms with van der Waals surface area (Å²) in [7, 11) is 0. The van der Waals surface area contributed by atoms with Gasteiger partial charge in [-0.15, -0.1) is 0 Å². The van der Waals surface area contributed by atoms with Crippen molar-refractivity contribution in [1.29, 1.82) is 0 Å². The molecule has 0 aliphatic carbocycles. The first kappa shape index (κ1) is 11.4. The maximum atomic E-state index is 9.64. The summed E-state index contributed by atoms with van der Waals surface area (Å²) in [5.74, 6) is -0.826. The fourth-order valence-corrected chi connectivity index (χ4v) is 0.287. The zero-order valence-electron chi connectivity index (χ0n) is 5.54. The Bertz CT molecular complexity index is 94.7. The van der Waals surface area contributed by atoms with Crippen LogP contribution in [-0.4, -0.2) is 14.7 Å². The summed E-state index contributed by atoms with van der Waals surface area (Å²) >= 11 is -2.70. The number of hydrogen-bond donors (Lipinski definition) is 0. The van der Waals surface area contributed by atoms with Crippen LogP contribution in [0.2, 0.25) is 0 Å². The number of rotatable bonds is 1. The molecule has 0 aromatic carbocycles. The molecule has 44 valence electrons. The van der Waals surface area contributed by atoms with E-state index in [0.29, 0.717) is 0 Å². The van der Waals surface area contributed by atoms with E-state index in [9.17, 15) is 13.6 Å². The van der Waals surface area contributed by atoms with Crippen LogP contribution in [-0.2, 0) is 20.3 Å². The number of hydrogen-bond acceptors (Lipinski definition) is 4. The maximum absolute atomic E-state index is 9.64. The molecule has 6 heteroatoms. The molecule has 1 unspecified atom stereocenters. The van der Waals surface area contributed by atoms with Crippen LogP contribution in [0.3, 0.4) is 0 Å². The molecule has 0 aromatic rings. The summed E-state index contributed by atoms with van der Waals surface area (Å²) in [6.45, 7) is 1.01. The Balaban J connectivity index is -0.000000180. The first-order valence-electron chi connectivity index (χ1n) is 1.41. The molecule has 0 amide bonds. The number of carbonyl (C=O) groups is 1. The Morgan fingerprint density at radius 3 is 2.25 bits per heavy atom. The molecule has 0 N–H and O–H groups in total. The molecule has 0 aliphatic heterocycles. The topological polar surface area (TPSA) is 66.4 Å². The molecule has 0 aromatic heterocycles. The van der Waals surface area contributed by atoms with Crippen molar-refractivity contribution < 1.29 is 48.7 Å². The van der Waals surface area contributed by atoms with Crippen molar-refractivity contribution in [1.82, 2.24) is 0 Å². The van der Waals surface area contributed by atoms with E-state index in [1.807, 2.05) is 0 Å². The van der Waals surface area contributed by atoms with Gasteiger partial charge in [0, 0.05) is 6.92 Å². The second-order valence-corrected chi connectivity index (χ2v) is 1.35. The zero-order valence-corrected chi connectivity index (χ0v) is 7.36. The molecule has 0 spiro atoms. The maximum Gasteiger partial charge on any atom is 1.00 e. The van der Waals surface area contributed by atoms with Gasteiger partial charge >= 0.3 is 35.5 Å². The molecule has 0 saturated carbocycles. The van der Waals surface area contributed by atoms with Crippen LogP contribution < -0.4 is 29.6 Å². The fraction of sp³-hybridized carbons (Fsp3) is 0.500. The third-order valence-corrected chi connectivity index (χ3v) is 0.556. The second-order valence-electron chi connectivity index (χ2n) is 0.779. The van der Waals surface area contributed by atoms with E-state index in [4.69, 9.17) is 0 Å². The van der Waals surface area contributed by atoms with Crippen molar-refractivity contribution in [3.8, 4) is 0 Å². The van der Waals surface area contributed by atoms with Crippen LogP contribution in [0.5, 0.6) is 0 Å². The molecule has 4 nitrogen and oxygen atoms in total. The van der Waals surface area contributed by atoms with Gasteiger partial charge in [0.05, 0.1) is 0 Å². The van der Waals surface area contributed by atoms with Crippen LogP contribution in [0.1, 0.15) is 8.35 Å². The normalized spacial score (nSPS) is 11.2. The van der Waals surface area contributed by atoms with Crippen molar-refractivity contribution in [2.75, 3.05) is 0 Å². The van der Waals surface area contributed by atoms with Crippen molar-refractivity contribution in [2.45, 2.75) is 6.92 Å². The van der Waals surface area contributed by atoms with Crippen molar-refractivity contribution in [2.24, 2.45) is 0 Å². The van der Waals surface area contributed by atoms with E-state index in [1.54, 1.807) is 0 Å². The van der Waals surface area contributed by atoms with Crippen molar-refractivity contribution >= 4 is 17.3 Å². The van der Waals surface area contributed by atoms with Gasteiger partial charge in [-0.05, 0) is 0 Å². The molecule has 0 fully saturated rings. The average Bonchev–Trinajstić information content (AvgIpc) is 1.27. The van der Waals surface area contributed by atoms with E-state index >= 15 is 0 Å². The molecule has 1 atom stereocenters. The molecule has 8 heavy (non-hydrogen) atoms. The van der Waals surface area contributed by atoms with E-state index in [1.165, 1.54) is 0 Å². The minimum atomic E-state index is -2.70. The predicted octanol–water partition coefficient (Wildman–Crippen LogP) is -3.54. The molecule has 0 saturated heterocycles. The largest absolute Gasteiger partial charge is 1.00 e. The average molecular weight is 147 g/mol. The summed E-state index contributed by atoms with van der Waals surface area (Å²) in [6, 6.07) is 0. The standard InChI is InChI=1S/C2H4O4S.Na.H/c1-2(3)6-7(4)5;;/h1H3,(H,4,5);;/q;+1;-1/p-1. The van der Waals surface area contributed by atoms with E-state index < -0.39 is 17.3 Å². The predicted molar refractivity (Wildman–Crippen MR) is 21.8 cm³/mol. The fourth-order valence-electron chi connectivity index (χ4n) is 0.0958. The van der Waals surface area contributed by atoms with Gasteiger partial charge in [0.15, 0.2) is 0 Å². The summed E-state index contributed by atoms with van der Waals surface area (Å²) < 4.78 is 22.3. The SMILES string of the molecule is CC(=O)OS(=O)[O-].[H-].[Na+]. The Hall–Kier alpha value is 0.580. The number of carbonyl (C=O) groups excluding carboxylic acids is 1.